The lowest BCUT2D eigenvalue weighted by Gasteiger charge is -2.29. The summed E-state index contributed by atoms with van der Waals surface area (Å²) in [5.41, 5.74) is 1.08. The number of amides is 1. The zero-order valence-electron chi connectivity index (χ0n) is 17.2. The highest BCUT2D eigenvalue weighted by Crippen LogP contribution is 2.39. The van der Waals surface area contributed by atoms with Crippen LogP contribution < -0.4 is 0 Å². The number of morpholine rings is 1. The van der Waals surface area contributed by atoms with Crippen LogP contribution in [0.1, 0.15) is 23.6 Å². The quantitative estimate of drug-likeness (QED) is 0.439. The minimum Gasteiger partial charge on any atom is -0.507 e. The second kappa shape index (κ2) is 9.41. The molecular weight excluding hydrogens is 399 g/mol. The molecule has 1 N–H and O–H groups in total. The van der Waals surface area contributed by atoms with Crippen LogP contribution in [0.15, 0.2) is 60.2 Å². The number of halogens is 1. The van der Waals surface area contributed by atoms with E-state index < -0.39 is 23.5 Å². The number of carbonyl (C=O) groups excluding carboxylic acids is 2. The predicted molar refractivity (Wildman–Crippen MR) is 114 cm³/mol. The second-order valence-corrected chi connectivity index (χ2v) is 7.72. The highest BCUT2D eigenvalue weighted by Gasteiger charge is 2.45. The fourth-order valence-corrected chi connectivity index (χ4v) is 4.14. The molecule has 2 aliphatic heterocycles. The first-order valence-electron chi connectivity index (χ1n) is 10.5. The molecule has 6 nitrogen and oxygen atoms in total. The third kappa shape index (κ3) is 4.52. The van der Waals surface area contributed by atoms with Crippen LogP contribution in [0.25, 0.3) is 5.76 Å². The van der Waals surface area contributed by atoms with Crippen LogP contribution in [-0.4, -0.2) is 66.0 Å². The number of carbonyl (C=O) groups is 2. The average Bonchev–Trinajstić information content (AvgIpc) is 3.05. The van der Waals surface area contributed by atoms with Crippen molar-refractivity contribution in [1.29, 1.82) is 0 Å². The van der Waals surface area contributed by atoms with Gasteiger partial charge < -0.3 is 14.7 Å². The molecule has 2 heterocycles. The van der Waals surface area contributed by atoms with Gasteiger partial charge in [0.05, 0.1) is 24.8 Å². The topological polar surface area (TPSA) is 70.1 Å². The molecule has 0 saturated carbocycles. The Bertz CT molecular complexity index is 969. The Morgan fingerprint density at radius 2 is 1.68 bits per heavy atom. The summed E-state index contributed by atoms with van der Waals surface area (Å²) in [6, 6.07) is 13.6. The minimum atomic E-state index is -0.759. The van der Waals surface area contributed by atoms with Gasteiger partial charge in [0.25, 0.3) is 11.7 Å². The summed E-state index contributed by atoms with van der Waals surface area (Å²) < 4.78 is 18.9. The van der Waals surface area contributed by atoms with Crippen LogP contribution in [0, 0.1) is 5.82 Å². The van der Waals surface area contributed by atoms with E-state index in [9.17, 15) is 19.1 Å². The molecule has 0 aliphatic carbocycles. The summed E-state index contributed by atoms with van der Waals surface area (Å²) >= 11 is 0. The second-order valence-electron chi connectivity index (χ2n) is 7.72. The molecule has 2 aromatic carbocycles. The van der Waals surface area contributed by atoms with E-state index in [1.165, 1.54) is 17.0 Å². The first-order valence-corrected chi connectivity index (χ1v) is 10.5. The van der Waals surface area contributed by atoms with E-state index >= 15 is 0 Å². The number of ketones is 1. The standard InChI is InChI=1S/C24H25FN2O4/c25-19-9-7-17(8-10-19)21-20(22(28)18-5-2-1-3-6-18)23(29)24(30)27(21)12-4-11-26-13-15-31-16-14-26/h1-3,5-10,21,28H,4,11-16H2/t21-/m0/s1. The monoisotopic (exact) mass is 424 g/mol. The first kappa shape index (κ1) is 21.2. The lowest BCUT2D eigenvalue weighted by Crippen LogP contribution is -2.38. The van der Waals surface area contributed by atoms with E-state index in [-0.39, 0.29) is 11.3 Å². The van der Waals surface area contributed by atoms with Crippen molar-refractivity contribution in [1.82, 2.24) is 9.80 Å². The predicted octanol–water partition coefficient (Wildman–Crippen LogP) is 2.97. The molecule has 162 valence electrons. The maximum Gasteiger partial charge on any atom is 0.295 e. The molecule has 4 rings (SSSR count). The van der Waals surface area contributed by atoms with E-state index in [0.29, 0.717) is 37.3 Å². The van der Waals surface area contributed by atoms with Crippen molar-refractivity contribution < 1.29 is 23.8 Å². The maximum atomic E-state index is 13.5. The highest BCUT2D eigenvalue weighted by molar-refractivity contribution is 6.46. The van der Waals surface area contributed by atoms with E-state index in [2.05, 4.69) is 4.90 Å². The normalized spacial score (nSPS) is 21.6. The van der Waals surface area contributed by atoms with Crippen LogP contribution in [-0.2, 0) is 14.3 Å². The number of Topliss-reactive ketones (excluding diaryl/α,β-unsaturated/α-hetero) is 1. The zero-order valence-corrected chi connectivity index (χ0v) is 17.2. The first-order chi connectivity index (χ1) is 15.1. The Morgan fingerprint density at radius 1 is 1.00 bits per heavy atom. The number of benzene rings is 2. The third-order valence-electron chi connectivity index (χ3n) is 5.75. The molecule has 0 radical (unpaired) electrons. The number of hydrogen-bond donors (Lipinski definition) is 1. The minimum absolute atomic E-state index is 0.0363. The van der Waals surface area contributed by atoms with Crippen LogP contribution >= 0.6 is 0 Å². The molecule has 1 amide bonds. The van der Waals surface area contributed by atoms with Gasteiger partial charge in [-0.05, 0) is 24.1 Å². The average molecular weight is 424 g/mol. The lowest BCUT2D eigenvalue weighted by molar-refractivity contribution is -0.140. The van der Waals surface area contributed by atoms with E-state index in [0.717, 1.165) is 19.6 Å². The number of ether oxygens (including phenoxy) is 1. The van der Waals surface area contributed by atoms with Crippen LogP contribution in [0.5, 0.6) is 0 Å². The molecule has 2 fully saturated rings. The molecule has 0 aromatic heterocycles. The maximum absolute atomic E-state index is 13.5. The Hall–Kier alpha value is -3.03. The van der Waals surface area contributed by atoms with Gasteiger partial charge in [0, 0.05) is 31.7 Å². The SMILES string of the molecule is O=C1C(=O)N(CCCN2CCOCC2)[C@@H](c2ccc(F)cc2)C1=C(O)c1ccccc1. The smallest absolute Gasteiger partial charge is 0.295 e. The molecule has 31 heavy (non-hydrogen) atoms. The third-order valence-corrected chi connectivity index (χ3v) is 5.75. The van der Waals surface area contributed by atoms with Gasteiger partial charge in [-0.1, -0.05) is 42.5 Å². The number of likely N-dealkylation sites (tertiary alicyclic amines) is 1. The lowest BCUT2D eigenvalue weighted by atomic mass is 9.95. The molecular formula is C24H25FN2O4. The Labute approximate surface area is 180 Å². The summed E-state index contributed by atoms with van der Waals surface area (Å²) in [7, 11) is 0. The number of aliphatic hydroxyl groups is 1. The number of hydrogen-bond acceptors (Lipinski definition) is 5. The summed E-state index contributed by atoms with van der Waals surface area (Å²) in [6.07, 6.45) is 0.677. The highest BCUT2D eigenvalue weighted by atomic mass is 19.1. The molecule has 1 atom stereocenters. The molecule has 0 spiro atoms. The van der Waals surface area contributed by atoms with Gasteiger partial charge in [-0.15, -0.1) is 0 Å². The molecule has 0 unspecified atom stereocenters. The van der Waals surface area contributed by atoms with Gasteiger partial charge in [0.1, 0.15) is 11.6 Å². The van der Waals surface area contributed by atoms with E-state index in [4.69, 9.17) is 4.74 Å². The largest absolute Gasteiger partial charge is 0.507 e. The van der Waals surface area contributed by atoms with Gasteiger partial charge in [0.15, 0.2) is 0 Å². The van der Waals surface area contributed by atoms with E-state index in [1.807, 2.05) is 0 Å². The van der Waals surface area contributed by atoms with Crippen molar-refractivity contribution in [3.8, 4) is 0 Å². The van der Waals surface area contributed by atoms with Crippen molar-refractivity contribution in [2.75, 3.05) is 39.4 Å². The van der Waals surface area contributed by atoms with Crippen molar-refractivity contribution in [3.63, 3.8) is 0 Å². The van der Waals surface area contributed by atoms with Gasteiger partial charge in [-0.3, -0.25) is 14.5 Å². The van der Waals surface area contributed by atoms with Crippen molar-refractivity contribution in [2.24, 2.45) is 0 Å². The number of nitrogens with zero attached hydrogens (tertiary/aromatic N) is 2. The summed E-state index contributed by atoms with van der Waals surface area (Å²) in [5, 5.41) is 10.9. The van der Waals surface area contributed by atoms with Gasteiger partial charge in [-0.2, -0.15) is 0 Å². The Kier molecular flexibility index (Phi) is 6.44. The fraction of sp³-hybridized carbons (Fsp3) is 0.333. The molecule has 2 aliphatic rings. The van der Waals surface area contributed by atoms with Crippen LogP contribution in [0.3, 0.4) is 0 Å². The van der Waals surface area contributed by atoms with Crippen molar-refractivity contribution in [2.45, 2.75) is 12.5 Å². The van der Waals surface area contributed by atoms with Crippen molar-refractivity contribution >= 4 is 17.4 Å². The van der Waals surface area contributed by atoms with Crippen molar-refractivity contribution in [3.05, 3.63) is 77.1 Å². The van der Waals surface area contributed by atoms with Gasteiger partial charge in [0.2, 0.25) is 0 Å². The van der Waals surface area contributed by atoms with Crippen LogP contribution in [0.2, 0.25) is 0 Å². The Morgan fingerprint density at radius 3 is 2.35 bits per heavy atom. The summed E-state index contributed by atoms with van der Waals surface area (Å²) in [4.78, 5) is 29.6. The van der Waals surface area contributed by atoms with Gasteiger partial charge >= 0.3 is 0 Å². The number of aliphatic hydroxyl groups excluding tert-OH is 1. The van der Waals surface area contributed by atoms with E-state index in [1.54, 1.807) is 42.5 Å². The summed E-state index contributed by atoms with van der Waals surface area (Å²) in [6.45, 7) is 4.20. The summed E-state index contributed by atoms with van der Waals surface area (Å²) in [5.74, 6) is -1.99. The van der Waals surface area contributed by atoms with Crippen LogP contribution in [0.4, 0.5) is 4.39 Å². The molecule has 0 bridgehead atoms. The molecule has 7 heteroatoms. The fourth-order valence-electron chi connectivity index (χ4n) is 4.14. The molecule has 2 aromatic rings. The molecule has 2 saturated heterocycles. The Balaban J connectivity index is 1.65. The van der Waals surface area contributed by atoms with Gasteiger partial charge in [-0.25, -0.2) is 4.39 Å². The number of rotatable bonds is 6. The zero-order chi connectivity index (χ0) is 21.8.